The van der Waals surface area contributed by atoms with Crippen molar-refractivity contribution in [2.75, 3.05) is 5.32 Å². The Morgan fingerprint density at radius 3 is 2.65 bits per heavy atom. The van der Waals surface area contributed by atoms with E-state index in [-0.39, 0.29) is 12.3 Å². The van der Waals surface area contributed by atoms with E-state index < -0.39 is 0 Å². The second kappa shape index (κ2) is 5.50. The van der Waals surface area contributed by atoms with Crippen molar-refractivity contribution < 1.29 is 4.79 Å². The quantitative estimate of drug-likeness (QED) is 0.751. The third-order valence-corrected chi connectivity index (χ3v) is 3.96. The predicted molar refractivity (Wildman–Crippen MR) is 87.7 cm³/mol. The van der Waals surface area contributed by atoms with E-state index in [0.717, 1.165) is 31.6 Å². The Labute approximate surface area is 133 Å². The molecule has 0 radical (unpaired) electrons. The summed E-state index contributed by atoms with van der Waals surface area (Å²) in [6.07, 6.45) is 0.267. The molecule has 1 amide bonds. The second-order valence-corrected chi connectivity index (χ2v) is 6.29. The fraction of sp³-hybridized carbons (Fsp3) is 0.0667. The summed E-state index contributed by atoms with van der Waals surface area (Å²) in [5.74, 6) is -0.0550. The summed E-state index contributed by atoms with van der Waals surface area (Å²) in [7, 11) is 0. The molecular weight excluding hydrogens is 384 g/mol. The van der Waals surface area contributed by atoms with Crippen LogP contribution in [0.5, 0.6) is 0 Å². The van der Waals surface area contributed by atoms with Gasteiger partial charge in [0.15, 0.2) is 0 Å². The van der Waals surface area contributed by atoms with Gasteiger partial charge in [-0.2, -0.15) is 0 Å². The lowest BCUT2D eigenvalue weighted by Gasteiger charge is -2.04. The zero-order chi connectivity index (χ0) is 14.1. The van der Waals surface area contributed by atoms with Crippen molar-refractivity contribution in [3.8, 4) is 0 Å². The molecule has 1 heterocycles. The molecule has 3 nitrogen and oxygen atoms in total. The number of nitrogens with zero attached hydrogens (tertiary/aromatic N) is 1. The van der Waals surface area contributed by atoms with Crippen molar-refractivity contribution >= 4 is 54.9 Å². The minimum Gasteiger partial charge on any atom is -0.324 e. The first-order chi connectivity index (χ1) is 9.61. The smallest absolute Gasteiger partial charge is 0.230 e. The largest absolute Gasteiger partial charge is 0.324 e. The first kappa shape index (κ1) is 13.5. The SMILES string of the molecule is O=C1CC(c2cccc(Br)c2)=Nc2ccc(Br)cc2N1. The van der Waals surface area contributed by atoms with Crippen molar-refractivity contribution in [1.82, 2.24) is 0 Å². The van der Waals surface area contributed by atoms with Crippen LogP contribution < -0.4 is 5.32 Å². The van der Waals surface area contributed by atoms with Crippen molar-refractivity contribution in [2.45, 2.75) is 6.42 Å². The van der Waals surface area contributed by atoms with Crippen LogP contribution in [-0.4, -0.2) is 11.6 Å². The lowest BCUT2D eigenvalue weighted by atomic mass is 10.1. The van der Waals surface area contributed by atoms with Crippen LogP contribution >= 0.6 is 31.9 Å². The van der Waals surface area contributed by atoms with Gasteiger partial charge in [0.1, 0.15) is 0 Å². The van der Waals surface area contributed by atoms with Crippen molar-refractivity contribution in [1.29, 1.82) is 0 Å². The van der Waals surface area contributed by atoms with E-state index in [1.165, 1.54) is 0 Å². The van der Waals surface area contributed by atoms with Crippen LogP contribution in [0, 0.1) is 0 Å². The molecule has 0 spiro atoms. The fourth-order valence-electron chi connectivity index (χ4n) is 2.07. The predicted octanol–water partition coefficient (Wildman–Crippen LogP) is 4.67. The topological polar surface area (TPSA) is 41.5 Å². The third-order valence-electron chi connectivity index (χ3n) is 2.97. The molecule has 0 unspecified atom stereocenters. The Bertz CT molecular complexity index is 726. The van der Waals surface area contributed by atoms with Crippen LogP contribution in [-0.2, 0) is 4.79 Å². The summed E-state index contributed by atoms with van der Waals surface area (Å²) in [5.41, 5.74) is 3.22. The molecule has 0 atom stereocenters. The number of carbonyl (C=O) groups is 1. The molecule has 0 aliphatic carbocycles. The zero-order valence-electron chi connectivity index (χ0n) is 10.4. The van der Waals surface area contributed by atoms with E-state index in [1.807, 2.05) is 42.5 Å². The van der Waals surface area contributed by atoms with Crippen LogP contribution in [0.1, 0.15) is 12.0 Å². The fourth-order valence-corrected chi connectivity index (χ4v) is 2.83. The highest BCUT2D eigenvalue weighted by atomic mass is 79.9. The molecule has 0 saturated heterocycles. The Hall–Kier alpha value is -1.46. The lowest BCUT2D eigenvalue weighted by molar-refractivity contribution is -0.115. The monoisotopic (exact) mass is 392 g/mol. The van der Waals surface area contributed by atoms with Gasteiger partial charge < -0.3 is 5.32 Å². The van der Waals surface area contributed by atoms with Gasteiger partial charge in [0.2, 0.25) is 5.91 Å². The van der Waals surface area contributed by atoms with Gasteiger partial charge in [-0.05, 0) is 35.9 Å². The third kappa shape index (κ3) is 2.83. The van der Waals surface area contributed by atoms with Crippen molar-refractivity contribution in [2.24, 2.45) is 4.99 Å². The number of carbonyl (C=O) groups excluding carboxylic acids is 1. The number of nitrogens with one attached hydrogen (secondary N) is 1. The molecule has 0 aromatic heterocycles. The molecule has 1 aliphatic rings. The maximum absolute atomic E-state index is 12.0. The van der Waals surface area contributed by atoms with Gasteiger partial charge in [-0.15, -0.1) is 0 Å². The van der Waals surface area contributed by atoms with Crippen LogP contribution in [0.2, 0.25) is 0 Å². The molecule has 100 valence electrons. The van der Waals surface area contributed by atoms with Crippen molar-refractivity contribution in [3.63, 3.8) is 0 Å². The average Bonchev–Trinajstić information content (AvgIpc) is 2.56. The molecule has 0 saturated carbocycles. The maximum atomic E-state index is 12.0. The second-order valence-electron chi connectivity index (χ2n) is 4.46. The van der Waals surface area contributed by atoms with Gasteiger partial charge in [-0.1, -0.05) is 44.0 Å². The first-order valence-electron chi connectivity index (χ1n) is 6.05. The van der Waals surface area contributed by atoms with Gasteiger partial charge in [0.05, 0.1) is 23.5 Å². The minimum atomic E-state index is -0.0550. The molecule has 20 heavy (non-hydrogen) atoms. The summed E-state index contributed by atoms with van der Waals surface area (Å²) in [6, 6.07) is 13.5. The van der Waals surface area contributed by atoms with E-state index in [2.05, 4.69) is 42.2 Å². The minimum absolute atomic E-state index is 0.0550. The molecule has 0 fully saturated rings. The summed E-state index contributed by atoms with van der Waals surface area (Å²) in [5, 5.41) is 2.88. The van der Waals surface area contributed by atoms with Crippen molar-refractivity contribution in [3.05, 3.63) is 57.0 Å². The number of halogens is 2. The highest BCUT2D eigenvalue weighted by Crippen LogP contribution is 2.31. The van der Waals surface area contributed by atoms with Gasteiger partial charge in [-0.25, -0.2) is 0 Å². The molecule has 3 rings (SSSR count). The lowest BCUT2D eigenvalue weighted by Crippen LogP contribution is -2.14. The Kier molecular flexibility index (Phi) is 3.72. The molecule has 5 heteroatoms. The maximum Gasteiger partial charge on any atom is 0.230 e. The standard InChI is InChI=1S/C15H10Br2N2O/c16-10-3-1-2-9(6-10)13-8-15(20)19-14-7-11(17)4-5-12(14)18-13/h1-7H,8H2,(H,19,20). The zero-order valence-corrected chi connectivity index (χ0v) is 13.5. The highest BCUT2D eigenvalue weighted by molar-refractivity contribution is 9.10. The van der Waals surface area contributed by atoms with Gasteiger partial charge in [-0.3, -0.25) is 9.79 Å². The van der Waals surface area contributed by atoms with E-state index in [9.17, 15) is 4.79 Å². The number of amides is 1. The van der Waals surface area contributed by atoms with E-state index in [1.54, 1.807) is 0 Å². The Morgan fingerprint density at radius 1 is 1.05 bits per heavy atom. The molecule has 2 aromatic rings. The number of fused-ring (bicyclic) bond motifs is 1. The molecule has 0 bridgehead atoms. The Balaban J connectivity index is 2.11. The van der Waals surface area contributed by atoms with E-state index >= 15 is 0 Å². The molecule has 1 aliphatic heterocycles. The Morgan fingerprint density at radius 2 is 1.85 bits per heavy atom. The van der Waals surface area contributed by atoms with E-state index in [0.29, 0.717) is 0 Å². The highest BCUT2D eigenvalue weighted by Gasteiger charge is 2.17. The molecule has 1 N–H and O–H groups in total. The summed E-state index contributed by atoms with van der Waals surface area (Å²) >= 11 is 6.84. The summed E-state index contributed by atoms with van der Waals surface area (Å²) in [4.78, 5) is 16.6. The average molecular weight is 394 g/mol. The normalized spacial score (nSPS) is 14.1. The van der Waals surface area contributed by atoms with Crippen LogP contribution in [0.3, 0.4) is 0 Å². The van der Waals surface area contributed by atoms with Gasteiger partial charge in [0, 0.05) is 8.95 Å². The van der Waals surface area contributed by atoms with Gasteiger partial charge >= 0.3 is 0 Å². The number of aliphatic imine (C=N–C) groups is 1. The van der Waals surface area contributed by atoms with Gasteiger partial charge in [0.25, 0.3) is 0 Å². The number of rotatable bonds is 1. The summed E-state index contributed by atoms with van der Waals surface area (Å²) < 4.78 is 1.89. The number of hydrogen-bond donors (Lipinski definition) is 1. The summed E-state index contributed by atoms with van der Waals surface area (Å²) in [6.45, 7) is 0. The van der Waals surface area contributed by atoms with Crippen LogP contribution in [0.15, 0.2) is 56.4 Å². The molecular formula is C15H10Br2N2O. The number of anilines is 1. The first-order valence-corrected chi connectivity index (χ1v) is 7.63. The van der Waals surface area contributed by atoms with Crippen LogP contribution in [0.25, 0.3) is 0 Å². The van der Waals surface area contributed by atoms with E-state index in [4.69, 9.17) is 0 Å². The molecule has 2 aromatic carbocycles. The number of benzene rings is 2. The van der Waals surface area contributed by atoms with Crippen LogP contribution in [0.4, 0.5) is 11.4 Å². The number of hydrogen-bond acceptors (Lipinski definition) is 2.